The van der Waals surface area contributed by atoms with Crippen molar-refractivity contribution in [2.45, 2.75) is 25.8 Å². The normalized spacial score (nSPS) is 52.9. The maximum absolute atomic E-state index is 3.44. The van der Waals surface area contributed by atoms with Crippen molar-refractivity contribution in [2.75, 3.05) is 6.54 Å². The molecule has 8 heavy (non-hydrogen) atoms. The molecule has 0 aromatic heterocycles. The van der Waals surface area contributed by atoms with Crippen molar-refractivity contribution >= 4 is 0 Å². The van der Waals surface area contributed by atoms with Crippen molar-refractivity contribution in [1.29, 1.82) is 0 Å². The molecule has 46 valence electrons. The Labute approximate surface area is 50.5 Å². The van der Waals surface area contributed by atoms with Crippen molar-refractivity contribution < 1.29 is 0 Å². The zero-order chi connectivity index (χ0) is 5.56. The Morgan fingerprint density at radius 3 is 2.25 bits per heavy atom. The van der Waals surface area contributed by atoms with Crippen LogP contribution >= 0.6 is 0 Å². The van der Waals surface area contributed by atoms with Crippen LogP contribution in [0.2, 0.25) is 0 Å². The summed E-state index contributed by atoms with van der Waals surface area (Å²) in [5.74, 6) is 2.09. The molecule has 1 aliphatic carbocycles. The van der Waals surface area contributed by atoms with Gasteiger partial charge in [-0.15, -0.1) is 0 Å². The molecule has 1 saturated heterocycles. The minimum atomic E-state index is 0.921. The van der Waals surface area contributed by atoms with E-state index in [9.17, 15) is 0 Å². The van der Waals surface area contributed by atoms with Gasteiger partial charge >= 0.3 is 0 Å². The Bertz CT molecular complexity index is 93.8. The summed E-state index contributed by atoms with van der Waals surface area (Å²) in [7, 11) is 0. The van der Waals surface area contributed by atoms with E-state index in [1.165, 1.54) is 19.4 Å². The molecule has 0 aromatic rings. The van der Waals surface area contributed by atoms with E-state index in [1.807, 2.05) is 0 Å². The monoisotopic (exact) mass is 111 g/mol. The highest BCUT2D eigenvalue weighted by Crippen LogP contribution is 2.42. The second-order valence-corrected chi connectivity index (χ2v) is 3.23. The maximum Gasteiger partial charge on any atom is 0.0110 e. The molecule has 2 unspecified atom stereocenters. The van der Waals surface area contributed by atoms with Gasteiger partial charge in [0.05, 0.1) is 0 Å². The lowest BCUT2D eigenvalue weighted by Gasteiger charge is -2.27. The molecular formula is C7H13N. The molecule has 0 amide bonds. The number of rotatable bonds is 1. The first kappa shape index (κ1) is 4.80. The lowest BCUT2D eigenvalue weighted by Crippen LogP contribution is -2.44. The van der Waals surface area contributed by atoms with Crippen LogP contribution in [0.5, 0.6) is 0 Å². The number of nitrogens with one attached hydrogen (secondary N) is 1. The molecule has 1 aliphatic heterocycles. The van der Waals surface area contributed by atoms with Crippen LogP contribution in [-0.4, -0.2) is 12.6 Å². The summed E-state index contributed by atoms with van der Waals surface area (Å²) in [5, 5.41) is 3.44. The maximum atomic E-state index is 3.44. The molecule has 1 nitrogen and oxygen atoms in total. The smallest absolute Gasteiger partial charge is 0.0110 e. The molecule has 0 radical (unpaired) electrons. The minimum absolute atomic E-state index is 0.921. The summed E-state index contributed by atoms with van der Waals surface area (Å²) in [4.78, 5) is 0. The summed E-state index contributed by atoms with van der Waals surface area (Å²) in [5.41, 5.74) is 0. The van der Waals surface area contributed by atoms with E-state index in [0.717, 1.165) is 17.9 Å². The van der Waals surface area contributed by atoms with Gasteiger partial charge in [0.25, 0.3) is 0 Å². The Morgan fingerprint density at radius 2 is 2.12 bits per heavy atom. The summed E-state index contributed by atoms with van der Waals surface area (Å²) in [6, 6.07) is 0.921. The molecule has 2 fully saturated rings. The van der Waals surface area contributed by atoms with Crippen molar-refractivity contribution in [3.8, 4) is 0 Å². The van der Waals surface area contributed by atoms with Crippen molar-refractivity contribution in [2.24, 2.45) is 11.8 Å². The van der Waals surface area contributed by atoms with E-state index in [2.05, 4.69) is 12.2 Å². The lowest BCUT2D eigenvalue weighted by molar-refractivity contribution is 0.324. The molecule has 2 aliphatic rings. The molecule has 1 heteroatoms. The minimum Gasteiger partial charge on any atom is -0.314 e. The van der Waals surface area contributed by atoms with Crippen LogP contribution in [0.4, 0.5) is 0 Å². The van der Waals surface area contributed by atoms with Crippen LogP contribution in [0.25, 0.3) is 0 Å². The molecule has 2 rings (SSSR count). The van der Waals surface area contributed by atoms with Gasteiger partial charge in [-0.2, -0.15) is 0 Å². The zero-order valence-electron chi connectivity index (χ0n) is 5.35. The second-order valence-electron chi connectivity index (χ2n) is 3.23. The van der Waals surface area contributed by atoms with Crippen LogP contribution in [0.1, 0.15) is 19.8 Å². The quantitative estimate of drug-likeness (QED) is 0.532. The molecule has 0 spiro atoms. The van der Waals surface area contributed by atoms with E-state index < -0.39 is 0 Å². The van der Waals surface area contributed by atoms with Crippen LogP contribution in [-0.2, 0) is 0 Å². The van der Waals surface area contributed by atoms with Gasteiger partial charge in [0, 0.05) is 6.04 Å². The fourth-order valence-electron chi connectivity index (χ4n) is 1.59. The SMILES string of the molecule is C[C@@H]1CC1C1CCN1. The van der Waals surface area contributed by atoms with Gasteiger partial charge in [0.2, 0.25) is 0 Å². The predicted octanol–water partition coefficient (Wildman–Crippen LogP) is 1.00. The first-order chi connectivity index (χ1) is 3.88. The molecule has 1 N–H and O–H groups in total. The first-order valence-electron chi connectivity index (χ1n) is 3.61. The highest BCUT2D eigenvalue weighted by molar-refractivity contribution is 4.96. The van der Waals surface area contributed by atoms with E-state index in [1.54, 1.807) is 0 Å². The first-order valence-corrected chi connectivity index (χ1v) is 3.61. The number of hydrogen-bond acceptors (Lipinski definition) is 1. The Morgan fingerprint density at radius 1 is 1.50 bits per heavy atom. The Hall–Kier alpha value is -0.0400. The van der Waals surface area contributed by atoms with Crippen molar-refractivity contribution in [1.82, 2.24) is 5.32 Å². The van der Waals surface area contributed by atoms with Crippen molar-refractivity contribution in [3.05, 3.63) is 0 Å². The average molecular weight is 111 g/mol. The van der Waals surface area contributed by atoms with E-state index in [-0.39, 0.29) is 0 Å². The lowest BCUT2D eigenvalue weighted by atomic mass is 10.0. The molecule has 3 atom stereocenters. The van der Waals surface area contributed by atoms with E-state index in [4.69, 9.17) is 0 Å². The van der Waals surface area contributed by atoms with Gasteiger partial charge in [-0.3, -0.25) is 0 Å². The van der Waals surface area contributed by atoms with Gasteiger partial charge in [0.15, 0.2) is 0 Å². The van der Waals surface area contributed by atoms with Gasteiger partial charge in [-0.05, 0) is 31.2 Å². The summed E-state index contributed by atoms with van der Waals surface area (Å²) >= 11 is 0. The fourth-order valence-corrected chi connectivity index (χ4v) is 1.59. The van der Waals surface area contributed by atoms with E-state index in [0.29, 0.717) is 0 Å². The highest BCUT2D eigenvalue weighted by atomic mass is 15.0. The van der Waals surface area contributed by atoms with Gasteiger partial charge in [-0.25, -0.2) is 0 Å². The summed E-state index contributed by atoms with van der Waals surface area (Å²) < 4.78 is 0. The summed E-state index contributed by atoms with van der Waals surface area (Å²) in [6.45, 7) is 3.62. The molecule has 0 aromatic carbocycles. The second kappa shape index (κ2) is 1.47. The van der Waals surface area contributed by atoms with Crippen LogP contribution in [0.3, 0.4) is 0 Å². The van der Waals surface area contributed by atoms with E-state index >= 15 is 0 Å². The summed E-state index contributed by atoms with van der Waals surface area (Å²) in [6.07, 6.45) is 2.92. The topological polar surface area (TPSA) is 12.0 Å². The molecule has 0 bridgehead atoms. The average Bonchev–Trinajstić information content (AvgIpc) is 2.13. The molecule has 1 heterocycles. The van der Waals surface area contributed by atoms with Crippen molar-refractivity contribution in [3.63, 3.8) is 0 Å². The predicted molar refractivity (Wildman–Crippen MR) is 33.7 cm³/mol. The highest BCUT2D eigenvalue weighted by Gasteiger charge is 2.41. The van der Waals surface area contributed by atoms with Gasteiger partial charge < -0.3 is 5.32 Å². The van der Waals surface area contributed by atoms with Crippen LogP contribution < -0.4 is 5.32 Å². The Balaban J connectivity index is 1.82. The van der Waals surface area contributed by atoms with Gasteiger partial charge in [0.1, 0.15) is 0 Å². The molecule has 1 saturated carbocycles. The largest absolute Gasteiger partial charge is 0.314 e. The standard InChI is InChI=1S/C7H13N/c1-5-4-6(5)7-2-3-8-7/h5-8H,2-4H2,1H3/t5-,6?,7?/m1/s1. The molecular weight excluding hydrogens is 98.1 g/mol. The zero-order valence-corrected chi connectivity index (χ0v) is 5.35. The third-order valence-electron chi connectivity index (χ3n) is 2.55. The third kappa shape index (κ3) is 0.576. The third-order valence-corrected chi connectivity index (χ3v) is 2.55. The number of hydrogen-bond donors (Lipinski definition) is 1. The Kier molecular flexibility index (Phi) is 0.884. The van der Waals surface area contributed by atoms with Gasteiger partial charge in [-0.1, -0.05) is 6.92 Å². The van der Waals surface area contributed by atoms with Crippen LogP contribution in [0.15, 0.2) is 0 Å². The fraction of sp³-hybridized carbons (Fsp3) is 1.00. The van der Waals surface area contributed by atoms with Crippen LogP contribution in [0, 0.1) is 11.8 Å².